The van der Waals surface area contributed by atoms with E-state index in [1.165, 1.54) is 0 Å². The summed E-state index contributed by atoms with van der Waals surface area (Å²) in [5.74, 6) is 0. The smallest absolute Gasteiger partial charge is 0.159 e. The van der Waals surface area contributed by atoms with Gasteiger partial charge in [0.25, 0.3) is 0 Å². The van der Waals surface area contributed by atoms with Gasteiger partial charge in [0, 0.05) is 13.0 Å². The Morgan fingerprint density at radius 3 is 2.50 bits per heavy atom. The van der Waals surface area contributed by atoms with Crippen LogP contribution in [0, 0.1) is 11.3 Å². The van der Waals surface area contributed by atoms with E-state index >= 15 is 0 Å². The number of benzene rings is 1. The van der Waals surface area contributed by atoms with Crippen molar-refractivity contribution in [3.8, 4) is 6.07 Å². The van der Waals surface area contributed by atoms with Gasteiger partial charge in [0.05, 0.1) is 27.8 Å². The summed E-state index contributed by atoms with van der Waals surface area (Å²) in [5, 5.41) is 20.3. The molecule has 0 spiro atoms. The van der Waals surface area contributed by atoms with Gasteiger partial charge >= 0.3 is 0 Å². The predicted octanol–water partition coefficient (Wildman–Crippen LogP) is 4.06. The molecular formula is C13H10Cl4N2O. The van der Waals surface area contributed by atoms with E-state index in [-0.39, 0.29) is 24.7 Å². The van der Waals surface area contributed by atoms with E-state index in [0.717, 1.165) is 0 Å². The zero-order chi connectivity index (χ0) is 14.9. The number of aliphatic hydroxyl groups excluding tert-OH is 1. The van der Waals surface area contributed by atoms with Crippen molar-refractivity contribution in [1.29, 1.82) is 5.26 Å². The summed E-state index contributed by atoms with van der Waals surface area (Å²) < 4.78 is 0. The highest BCUT2D eigenvalue weighted by atomic mass is 35.5. The molecule has 1 unspecified atom stereocenters. The summed E-state index contributed by atoms with van der Waals surface area (Å²) in [5.41, 5.74) is -0.442. The topological polar surface area (TPSA) is 47.3 Å². The number of aliphatic hydroxyl groups is 1. The Hall–Kier alpha value is -0.630. The minimum Gasteiger partial charge on any atom is -0.395 e. The van der Waals surface area contributed by atoms with Gasteiger partial charge < -0.3 is 10.0 Å². The zero-order valence-electron chi connectivity index (χ0n) is 10.2. The molecule has 1 aromatic rings. The molecule has 1 aliphatic rings. The Kier molecular flexibility index (Phi) is 4.73. The van der Waals surface area contributed by atoms with Gasteiger partial charge in [-0.2, -0.15) is 5.26 Å². The molecule has 0 fully saturated rings. The van der Waals surface area contributed by atoms with Crippen molar-refractivity contribution in [3.63, 3.8) is 0 Å². The molecule has 1 aliphatic heterocycles. The molecule has 0 aromatic heterocycles. The number of nitriles is 1. The molecule has 0 saturated heterocycles. The number of halogens is 4. The first-order valence-corrected chi connectivity index (χ1v) is 7.27. The molecule has 0 saturated carbocycles. The molecule has 0 radical (unpaired) electrons. The van der Waals surface area contributed by atoms with Crippen molar-refractivity contribution < 1.29 is 5.11 Å². The second-order valence-corrected chi connectivity index (χ2v) is 5.98. The van der Waals surface area contributed by atoms with Crippen molar-refractivity contribution in [2.45, 2.75) is 12.0 Å². The van der Waals surface area contributed by atoms with Crippen molar-refractivity contribution in [3.05, 3.63) is 44.0 Å². The van der Waals surface area contributed by atoms with Gasteiger partial charge in [0.1, 0.15) is 5.16 Å². The van der Waals surface area contributed by atoms with Crippen LogP contribution in [0.1, 0.15) is 12.0 Å². The van der Waals surface area contributed by atoms with E-state index in [0.29, 0.717) is 20.6 Å². The van der Waals surface area contributed by atoms with Crippen LogP contribution in [0.25, 0.3) is 0 Å². The molecule has 1 aromatic carbocycles. The van der Waals surface area contributed by atoms with E-state index in [4.69, 9.17) is 46.4 Å². The van der Waals surface area contributed by atoms with E-state index in [1.807, 2.05) is 0 Å². The molecule has 2 rings (SSSR count). The highest BCUT2D eigenvalue weighted by Crippen LogP contribution is 2.47. The van der Waals surface area contributed by atoms with Crippen LogP contribution in [0.3, 0.4) is 0 Å². The second-order valence-electron chi connectivity index (χ2n) is 4.35. The Morgan fingerprint density at radius 2 is 1.95 bits per heavy atom. The van der Waals surface area contributed by atoms with Crippen molar-refractivity contribution in [1.82, 2.24) is 4.90 Å². The SMILES string of the molecule is N#CC1(c2ccc(Cl)c(Cl)c2)CC(Cl)=C(Cl)N1CCO. The molecule has 20 heavy (non-hydrogen) atoms. The van der Waals surface area contributed by atoms with Gasteiger partial charge in [-0.1, -0.05) is 52.5 Å². The summed E-state index contributed by atoms with van der Waals surface area (Å²) in [6.45, 7) is 0.0496. The Morgan fingerprint density at radius 1 is 1.25 bits per heavy atom. The Bertz CT molecular complexity index is 611. The fourth-order valence-corrected chi connectivity index (χ4v) is 3.16. The largest absolute Gasteiger partial charge is 0.395 e. The lowest BCUT2D eigenvalue weighted by Gasteiger charge is -2.34. The standard InChI is InChI=1S/C13H10Cl4N2O/c14-9-2-1-8(5-10(9)15)13(7-18)6-11(16)12(17)19(13)3-4-20/h1-2,5,20H,3-4,6H2. The number of hydrogen-bond acceptors (Lipinski definition) is 3. The van der Waals surface area contributed by atoms with Crippen molar-refractivity contribution >= 4 is 46.4 Å². The van der Waals surface area contributed by atoms with E-state index < -0.39 is 5.54 Å². The fraction of sp³-hybridized carbons (Fsp3) is 0.308. The molecule has 1 heterocycles. The molecule has 1 N–H and O–H groups in total. The van der Waals surface area contributed by atoms with Gasteiger partial charge in [-0.15, -0.1) is 0 Å². The van der Waals surface area contributed by atoms with Crippen LogP contribution in [0.2, 0.25) is 10.0 Å². The summed E-state index contributed by atoms with van der Waals surface area (Å²) in [4.78, 5) is 1.58. The normalized spacial score (nSPS) is 22.3. The summed E-state index contributed by atoms with van der Waals surface area (Å²) >= 11 is 24.2. The van der Waals surface area contributed by atoms with Crippen LogP contribution in [0.5, 0.6) is 0 Å². The highest BCUT2D eigenvalue weighted by molar-refractivity contribution is 6.42. The third kappa shape index (κ3) is 2.47. The molecule has 0 bridgehead atoms. The van der Waals surface area contributed by atoms with Crippen LogP contribution in [-0.2, 0) is 5.54 Å². The van der Waals surface area contributed by atoms with Gasteiger partial charge in [0.15, 0.2) is 5.54 Å². The number of hydrogen-bond donors (Lipinski definition) is 1. The van der Waals surface area contributed by atoms with E-state index in [2.05, 4.69) is 6.07 Å². The monoisotopic (exact) mass is 350 g/mol. The van der Waals surface area contributed by atoms with Gasteiger partial charge in [-0.3, -0.25) is 0 Å². The van der Waals surface area contributed by atoms with Crippen LogP contribution in [0.15, 0.2) is 28.4 Å². The molecular weight excluding hydrogens is 342 g/mol. The summed E-state index contributed by atoms with van der Waals surface area (Å²) in [6.07, 6.45) is 0.238. The Labute approximate surface area is 136 Å². The van der Waals surface area contributed by atoms with Crippen LogP contribution < -0.4 is 0 Å². The third-order valence-electron chi connectivity index (χ3n) is 3.24. The summed E-state index contributed by atoms with van der Waals surface area (Å²) in [7, 11) is 0. The minimum absolute atomic E-state index is 0.148. The van der Waals surface area contributed by atoms with E-state index in [9.17, 15) is 10.4 Å². The average Bonchev–Trinajstić information content (AvgIpc) is 2.68. The second kappa shape index (κ2) is 6.01. The minimum atomic E-state index is -1.08. The quantitative estimate of drug-likeness (QED) is 0.835. The first-order chi connectivity index (χ1) is 9.46. The van der Waals surface area contributed by atoms with Crippen LogP contribution >= 0.6 is 46.4 Å². The molecule has 106 valence electrons. The zero-order valence-corrected chi connectivity index (χ0v) is 13.2. The lowest BCUT2D eigenvalue weighted by atomic mass is 9.88. The molecule has 7 heteroatoms. The van der Waals surface area contributed by atoms with Crippen LogP contribution in [-0.4, -0.2) is 23.2 Å². The molecule has 0 aliphatic carbocycles. The maximum Gasteiger partial charge on any atom is 0.159 e. The molecule has 0 amide bonds. The highest BCUT2D eigenvalue weighted by Gasteiger charge is 2.46. The third-order valence-corrected chi connectivity index (χ3v) is 4.82. The summed E-state index contributed by atoms with van der Waals surface area (Å²) in [6, 6.07) is 7.19. The lowest BCUT2D eigenvalue weighted by Crippen LogP contribution is -2.41. The van der Waals surface area contributed by atoms with Gasteiger partial charge in [-0.05, 0) is 17.7 Å². The maximum atomic E-state index is 9.67. The molecule has 3 nitrogen and oxygen atoms in total. The Balaban J connectivity index is 2.54. The average molecular weight is 352 g/mol. The number of nitrogens with zero attached hydrogens (tertiary/aromatic N) is 2. The maximum absolute atomic E-state index is 9.67. The van der Waals surface area contributed by atoms with E-state index in [1.54, 1.807) is 23.1 Å². The first kappa shape index (κ1) is 15.8. The fourth-order valence-electron chi connectivity index (χ4n) is 2.27. The molecule has 1 atom stereocenters. The van der Waals surface area contributed by atoms with Gasteiger partial charge in [0.2, 0.25) is 0 Å². The van der Waals surface area contributed by atoms with Gasteiger partial charge in [-0.25, -0.2) is 0 Å². The first-order valence-electron chi connectivity index (χ1n) is 5.75. The van der Waals surface area contributed by atoms with Crippen molar-refractivity contribution in [2.24, 2.45) is 0 Å². The lowest BCUT2D eigenvalue weighted by molar-refractivity contribution is 0.169. The number of β-amino-alcohol motifs (C(OH)–C–C–N with tert-alkyl or cyclic N) is 1. The number of rotatable bonds is 3. The van der Waals surface area contributed by atoms with Crippen molar-refractivity contribution in [2.75, 3.05) is 13.2 Å². The van der Waals surface area contributed by atoms with Crippen LogP contribution in [0.4, 0.5) is 0 Å². The predicted molar refractivity (Wildman–Crippen MR) is 80.9 cm³/mol.